The van der Waals surface area contributed by atoms with Crippen molar-refractivity contribution in [3.05, 3.63) is 70.5 Å². The number of thioether (sulfide) groups is 1. The molecule has 0 aliphatic carbocycles. The van der Waals surface area contributed by atoms with Gasteiger partial charge < -0.3 is 10.2 Å². The summed E-state index contributed by atoms with van der Waals surface area (Å²) in [5, 5.41) is 2.56. The first-order valence-electron chi connectivity index (χ1n) is 9.21. The number of carbonyl (C=O) groups is 2. The monoisotopic (exact) mass is 402 g/mol. The molecule has 4 nitrogen and oxygen atoms in total. The Balaban J connectivity index is 2.07. The van der Waals surface area contributed by atoms with Crippen LogP contribution in [-0.2, 0) is 21.9 Å². The molecule has 0 saturated heterocycles. The number of carbonyl (C=O) groups excluding carboxylic acids is 2. The van der Waals surface area contributed by atoms with Crippen LogP contribution in [0.2, 0.25) is 0 Å². The van der Waals surface area contributed by atoms with Crippen LogP contribution in [0.5, 0.6) is 0 Å². The number of hydrogen-bond donors (Lipinski definition) is 1. The van der Waals surface area contributed by atoms with Gasteiger partial charge in [0.25, 0.3) is 0 Å². The van der Waals surface area contributed by atoms with E-state index in [9.17, 15) is 14.0 Å². The van der Waals surface area contributed by atoms with Crippen molar-refractivity contribution in [1.82, 2.24) is 10.2 Å². The summed E-state index contributed by atoms with van der Waals surface area (Å²) in [6.45, 7) is 5.82. The van der Waals surface area contributed by atoms with Crippen molar-refractivity contribution in [2.45, 2.75) is 39.1 Å². The highest BCUT2D eigenvalue weighted by molar-refractivity contribution is 7.99. The van der Waals surface area contributed by atoms with Gasteiger partial charge in [0.2, 0.25) is 11.8 Å². The zero-order valence-corrected chi connectivity index (χ0v) is 17.6. The van der Waals surface area contributed by atoms with E-state index in [1.54, 1.807) is 25.1 Å². The minimum Gasteiger partial charge on any atom is -0.357 e. The highest BCUT2D eigenvalue weighted by atomic mass is 32.2. The summed E-state index contributed by atoms with van der Waals surface area (Å²) in [4.78, 5) is 26.4. The second-order valence-electron chi connectivity index (χ2n) is 6.89. The van der Waals surface area contributed by atoms with E-state index < -0.39 is 6.04 Å². The zero-order valence-electron chi connectivity index (χ0n) is 16.8. The standard InChI is InChI=1S/C22H27FN2O2S/c1-15-9-16(2)11-18(10-15)13-28-14-21(26)25(17(3)22(27)24-4)12-19-7-5-6-8-20(19)23/h5-11,17H,12-14H2,1-4H3,(H,24,27)/t17-/m0/s1. The summed E-state index contributed by atoms with van der Waals surface area (Å²) >= 11 is 1.50. The number of nitrogens with zero attached hydrogens (tertiary/aromatic N) is 1. The zero-order chi connectivity index (χ0) is 20.7. The molecule has 6 heteroatoms. The van der Waals surface area contributed by atoms with Crippen LogP contribution in [0.25, 0.3) is 0 Å². The fraction of sp³-hybridized carbons (Fsp3) is 0.364. The molecule has 2 amide bonds. The van der Waals surface area contributed by atoms with Crippen molar-refractivity contribution in [3.63, 3.8) is 0 Å². The van der Waals surface area contributed by atoms with E-state index in [2.05, 4.69) is 23.5 Å². The van der Waals surface area contributed by atoms with Gasteiger partial charge in [-0.2, -0.15) is 0 Å². The molecule has 0 aliphatic rings. The fourth-order valence-corrected chi connectivity index (χ4v) is 3.94. The van der Waals surface area contributed by atoms with Crippen LogP contribution >= 0.6 is 11.8 Å². The number of amides is 2. The van der Waals surface area contributed by atoms with Crippen molar-refractivity contribution in [3.8, 4) is 0 Å². The molecule has 150 valence electrons. The SMILES string of the molecule is CNC(=O)[C@H](C)N(Cc1ccccc1F)C(=O)CSCc1cc(C)cc(C)c1. The molecule has 28 heavy (non-hydrogen) atoms. The van der Waals surface area contributed by atoms with Crippen LogP contribution in [0.3, 0.4) is 0 Å². The Bertz CT molecular complexity index is 821. The molecule has 0 heterocycles. The third-order valence-electron chi connectivity index (χ3n) is 4.49. The van der Waals surface area contributed by atoms with Crippen molar-refractivity contribution in [1.29, 1.82) is 0 Å². The maximum atomic E-state index is 14.1. The number of rotatable bonds is 8. The molecular formula is C22H27FN2O2S. The second kappa shape index (κ2) is 10.3. The summed E-state index contributed by atoms with van der Waals surface area (Å²) in [6, 6.07) is 12.0. The van der Waals surface area contributed by atoms with Gasteiger partial charge >= 0.3 is 0 Å². The van der Waals surface area contributed by atoms with E-state index in [-0.39, 0.29) is 29.9 Å². The van der Waals surface area contributed by atoms with E-state index in [1.165, 1.54) is 40.9 Å². The van der Waals surface area contributed by atoms with Gasteiger partial charge in [-0.25, -0.2) is 4.39 Å². The summed E-state index contributed by atoms with van der Waals surface area (Å²) in [5.41, 5.74) is 3.94. The summed E-state index contributed by atoms with van der Waals surface area (Å²) < 4.78 is 14.1. The topological polar surface area (TPSA) is 49.4 Å². The van der Waals surface area contributed by atoms with Gasteiger partial charge in [-0.3, -0.25) is 9.59 Å². The Morgan fingerprint density at radius 1 is 1.14 bits per heavy atom. The van der Waals surface area contributed by atoms with Crippen molar-refractivity contribution in [2.24, 2.45) is 0 Å². The van der Waals surface area contributed by atoms with Gasteiger partial charge in [-0.1, -0.05) is 47.5 Å². The third-order valence-corrected chi connectivity index (χ3v) is 5.48. The van der Waals surface area contributed by atoms with Crippen molar-refractivity contribution >= 4 is 23.6 Å². The molecule has 0 radical (unpaired) electrons. The number of aryl methyl sites for hydroxylation is 2. The molecule has 2 rings (SSSR count). The third kappa shape index (κ3) is 6.09. The lowest BCUT2D eigenvalue weighted by Gasteiger charge is -2.28. The van der Waals surface area contributed by atoms with Crippen LogP contribution in [-0.4, -0.2) is 35.6 Å². The van der Waals surface area contributed by atoms with Crippen LogP contribution in [0.1, 0.15) is 29.2 Å². The molecule has 0 aromatic heterocycles. The molecule has 0 fully saturated rings. The van der Waals surface area contributed by atoms with Crippen molar-refractivity contribution < 1.29 is 14.0 Å². The van der Waals surface area contributed by atoms with Gasteiger partial charge in [0.15, 0.2) is 0 Å². The van der Waals surface area contributed by atoms with Crippen LogP contribution < -0.4 is 5.32 Å². The van der Waals surface area contributed by atoms with Crippen LogP contribution in [0, 0.1) is 19.7 Å². The maximum absolute atomic E-state index is 14.1. The lowest BCUT2D eigenvalue weighted by Crippen LogP contribution is -2.47. The minimum absolute atomic E-state index is 0.0597. The summed E-state index contributed by atoms with van der Waals surface area (Å²) in [6.07, 6.45) is 0. The number of halogens is 1. The normalized spacial score (nSPS) is 11.8. The first-order chi connectivity index (χ1) is 13.3. The number of hydrogen-bond acceptors (Lipinski definition) is 3. The second-order valence-corrected chi connectivity index (χ2v) is 7.88. The summed E-state index contributed by atoms with van der Waals surface area (Å²) in [7, 11) is 1.53. The average molecular weight is 403 g/mol. The largest absolute Gasteiger partial charge is 0.357 e. The molecular weight excluding hydrogens is 375 g/mol. The van der Waals surface area contributed by atoms with Gasteiger partial charge in [0.05, 0.1) is 5.75 Å². The molecule has 2 aromatic carbocycles. The quantitative estimate of drug-likeness (QED) is 0.730. The average Bonchev–Trinajstić information content (AvgIpc) is 2.65. The van der Waals surface area contributed by atoms with Crippen LogP contribution in [0.15, 0.2) is 42.5 Å². The Hall–Kier alpha value is -2.34. The maximum Gasteiger partial charge on any atom is 0.242 e. The highest BCUT2D eigenvalue weighted by Crippen LogP contribution is 2.18. The molecule has 0 bridgehead atoms. The van der Waals surface area contributed by atoms with Crippen molar-refractivity contribution in [2.75, 3.05) is 12.8 Å². The van der Waals surface area contributed by atoms with Crippen LogP contribution in [0.4, 0.5) is 4.39 Å². The van der Waals surface area contributed by atoms with E-state index in [0.29, 0.717) is 11.3 Å². The Morgan fingerprint density at radius 2 is 1.79 bits per heavy atom. The molecule has 0 saturated carbocycles. The molecule has 0 spiro atoms. The Morgan fingerprint density at radius 3 is 2.39 bits per heavy atom. The number of nitrogens with one attached hydrogen (secondary N) is 1. The van der Waals surface area contributed by atoms with Gasteiger partial charge in [-0.15, -0.1) is 11.8 Å². The van der Waals surface area contributed by atoms with E-state index in [1.807, 2.05) is 13.8 Å². The van der Waals surface area contributed by atoms with Gasteiger partial charge in [0.1, 0.15) is 11.9 Å². The molecule has 1 atom stereocenters. The molecule has 1 N–H and O–H groups in total. The molecule has 2 aromatic rings. The van der Waals surface area contributed by atoms with E-state index >= 15 is 0 Å². The Labute approximate surface area is 170 Å². The van der Waals surface area contributed by atoms with E-state index in [0.717, 1.165) is 5.56 Å². The first-order valence-corrected chi connectivity index (χ1v) is 10.4. The highest BCUT2D eigenvalue weighted by Gasteiger charge is 2.26. The van der Waals surface area contributed by atoms with Gasteiger partial charge in [0, 0.05) is 24.9 Å². The fourth-order valence-electron chi connectivity index (χ4n) is 3.09. The number of benzene rings is 2. The predicted molar refractivity (Wildman–Crippen MR) is 113 cm³/mol. The minimum atomic E-state index is -0.682. The first kappa shape index (κ1) is 22.0. The number of likely N-dealkylation sites (N-methyl/N-ethyl adjacent to an activating group) is 1. The predicted octanol–water partition coefficient (Wildman–Crippen LogP) is 3.84. The molecule has 0 aliphatic heterocycles. The smallest absolute Gasteiger partial charge is 0.242 e. The lowest BCUT2D eigenvalue weighted by molar-refractivity contribution is -0.138. The lowest BCUT2D eigenvalue weighted by atomic mass is 10.1. The Kier molecular flexibility index (Phi) is 8.05. The van der Waals surface area contributed by atoms with Gasteiger partial charge in [-0.05, 0) is 32.4 Å². The van der Waals surface area contributed by atoms with E-state index in [4.69, 9.17) is 0 Å². The summed E-state index contributed by atoms with van der Waals surface area (Å²) in [5.74, 6) is 0.0869. The molecule has 0 unspecified atom stereocenters.